The average Bonchev–Trinajstić information content (AvgIpc) is 2.35. The Kier molecular flexibility index (Phi) is 8.19. The topological polar surface area (TPSA) is 64.4 Å². The maximum atomic E-state index is 11.6. The number of benzene rings is 1. The molecular weight excluding hydrogens is 264 g/mol. The summed E-state index contributed by atoms with van der Waals surface area (Å²) in [5.74, 6) is 1.06. The molecule has 0 aliphatic heterocycles. The highest BCUT2D eigenvalue weighted by Crippen LogP contribution is 2.18. The van der Waals surface area contributed by atoms with Crippen LogP contribution in [0.25, 0.3) is 0 Å². The van der Waals surface area contributed by atoms with Crippen LogP contribution in [0.3, 0.4) is 0 Å². The minimum Gasteiger partial charge on any atom is -0.493 e. The van der Waals surface area contributed by atoms with Gasteiger partial charge >= 0.3 is 0 Å². The van der Waals surface area contributed by atoms with E-state index in [0.29, 0.717) is 24.6 Å². The van der Waals surface area contributed by atoms with E-state index in [-0.39, 0.29) is 18.3 Å². The van der Waals surface area contributed by atoms with Crippen molar-refractivity contribution in [2.24, 2.45) is 11.7 Å². The average molecular weight is 287 g/mol. The first kappa shape index (κ1) is 17.7. The number of carbonyl (C=O) groups is 1. The van der Waals surface area contributed by atoms with Gasteiger partial charge in [0.2, 0.25) is 5.91 Å². The molecule has 0 aliphatic carbocycles. The highest BCUT2D eigenvalue weighted by atomic mass is 35.5. The van der Waals surface area contributed by atoms with Gasteiger partial charge in [-0.1, -0.05) is 26.8 Å². The van der Waals surface area contributed by atoms with Crippen LogP contribution in [-0.2, 0) is 4.79 Å². The molecule has 5 heteroatoms. The van der Waals surface area contributed by atoms with E-state index in [2.05, 4.69) is 19.2 Å². The van der Waals surface area contributed by atoms with Crippen LogP contribution in [0.1, 0.15) is 27.2 Å². The Morgan fingerprint density at radius 1 is 1.42 bits per heavy atom. The number of halogens is 1. The number of anilines is 1. The zero-order valence-electron chi connectivity index (χ0n) is 11.7. The number of nitrogens with one attached hydrogen (secondary N) is 1. The lowest BCUT2D eigenvalue weighted by atomic mass is 10.2. The fraction of sp³-hybridized carbons (Fsp3) is 0.500. The van der Waals surface area contributed by atoms with Crippen molar-refractivity contribution in [2.45, 2.75) is 33.2 Å². The Labute approximate surface area is 121 Å². The van der Waals surface area contributed by atoms with Crippen LogP contribution < -0.4 is 15.8 Å². The maximum absolute atomic E-state index is 11.6. The van der Waals surface area contributed by atoms with Gasteiger partial charge in [0, 0.05) is 11.8 Å². The molecule has 0 saturated heterocycles. The monoisotopic (exact) mass is 286 g/mol. The third-order valence-electron chi connectivity index (χ3n) is 2.46. The maximum Gasteiger partial charge on any atom is 0.241 e. The highest BCUT2D eigenvalue weighted by Gasteiger charge is 2.11. The molecule has 1 rings (SSSR count). The third kappa shape index (κ3) is 6.45. The predicted octanol–water partition coefficient (Wildman–Crippen LogP) is 2.82. The number of hydrogen-bond donors (Lipinski definition) is 2. The van der Waals surface area contributed by atoms with Gasteiger partial charge in [0.25, 0.3) is 0 Å². The van der Waals surface area contributed by atoms with Crippen molar-refractivity contribution < 1.29 is 9.53 Å². The Hall–Kier alpha value is -1.26. The Bertz CT molecular complexity index is 397. The zero-order valence-corrected chi connectivity index (χ0v) is 12.5. The number of rotatable bonds is 6. The molecule has 19 heavy (non-hydrogen) atoms. The largest absolute Gasteiger partial charge is 0.493 e. The zero-order chi connectivity index (χ0) is 13.5. The number of carbonyl (C=O) groups excluding carboxylic acids is 1. The molecule has 4 nitrogen and oxygen atoms in total. The second kappa shape index (κ2) is 8.77. The Balaban J connectivity index is 0.00000324. The van der Waals surface area contributed by atoms with Crippen molar-refractivity contribution in [1.29, 1.82) is 0 Å². The van der Waals surface area contributed by atoms with Crippen LogP contribution >= 0.6 is 12.4 Å². The fourth-order valence-electron chi connectivity index (χ4n) is 1.35. The normalized spacial score (nSPS) is 11.6. The standard InChI is InChI=1S/C14H22N2O2.ClH/c1-4-13(15)14(17)16-11-6-5-7-12(8-11)18-9-10(2)3;/h5-8,10,13H,4,9,15H2,1-3H3,(H,16,17);1H/t13-;/m0./s1. The van der Waals surface area contributed by atoms with Crippen molar-refractivity contribution in [1.82, 2.24) is 0 Å². The number of amides is 1. The molecule has 0 aliphatic rings. The summed E-state index contributed by atoms with van der Waals surface area (Å²) in [6, 6.07) is 6.89. The van der Waals surface area contributed by atoms with E-state index in [1.54, 1.807) is 0 Å². The molecule has 1 aromatic rings. The molecule has 0 fully saturated rings. The molecule has 1 amide bonds. The minimum absolute atomic E-state index is 0. The molecule has 0 spiro atoms. The SMILES string of the molecule is CC[C@H](N)C(=O)Nc1cccc(OCC(C)C)c1.Cl. The van der Waals surface area contributed by atoms with Crippen LogP contribution in [0.2, 0.25) is 0 Å². The minimum atomic E-state index is -0.467. The van der Waals surface area contributed by atoms with E-state index >= 15 is 0 Å². The van der Waals surface area contributed by atoms with E-state index in [1.807, 2.05) is 31.2 Å². The quantitative estimate of drug-likeness (QED) is 0.845. The van der Waals surface area contributed by atoms with E-state index in [9.17, 15) is 4.79 Å². The number of hydrogen-bond acceptors (Lipinski definition) is 3. The van der Waals surface area contributed by atoms with E-state index in [0.717, 1.165) is 5.75 Å². The van der Waals surface area contributed by atoms with Crippen molar-refractivity contribution in [2.75, 3.05) is 11.9 Å². The summed E-state index contributed by atoms with van der Waals surface area (Å²) in [5.41, 5.74) is 6.37. The number of ether oxygens (including phenoxy) is 1. The first-order chi connectivity index (χ1) is 8.52. The van der Waals surface area contributed by atoms with Crippen molar-refractivity contribution in [3.63, 3.8) is 0 Å². The van der Waals surface area contributed by atoms with Crippen LogP contribution in [-0.4, -0.2) is 18.6 Å². The summed E-state index contributed by atoms with van der Waals surface area (Å²) < 4.78 is 5.59. The second-order valence-corrected chi connectivity index (χ2v) is 4.74. The highest BCUT2D eigenvalue weighted by molar-refractivity contribution is 5.94. The van der Waals surface area contributed by atoms with Gasteiger partial charge in [0.1, 0.15) is 5.75 Å². The molecule has 1 aromatic carbocycles. The van der Waals surface area contributed by atoms with Crippen LogP contribution in [0, 0.1) is 5.92 Å². The number of nitrogens with two attached hydrogens (primary N) is 1. The van der Waals surface area contributed by atoms with Crippen LogP contribution in [0.15, 0.2) is 24.3 Å². The van der Waals surface area contributed by atoms with Gasteiger partial charge in [-0.05, 0) is 24.5 Å². The van der Waals surface area contributed by atoms with Gasteiger partial charge in [0.15, 0.2) is 0 Å². The van der Waals surface area contributed by atoms with Crippen molar-refractivity contribution in [3.8, 4) is 5.75 Å². The van der Waals surface area contributed by atoms with E-state index in [1.165, 1.54) is 0 Å². The van der Waals surface area contributed by atoms with Gasteiger partial charge in [0.05, 0.1) is 12.6 Å². The van der Waals surface area contributed by atoms with Gasteiger partial charge in [-0.25, -0.2) is 0 Å². The molecule has 3 N–H and O–H groups in total. The lowest BCUT2D eigenvalue weighted by Crippen LogP contribution is -2.34. The van der Waals surface area contributed by atoms with Gasteiger partial charge in [-0.3, -0.25) is 4.79 Å². The van der Waals surface area contributed by atoms with Gasteiger partial charge < -0.3 is 15.8 Å². The first-order valence-corrected chi connectivity index (χ1v) is 6.32. The second-order valence-electron chi connectivity index (χ2n) is 4.74. The van der Waals surface area contributed by atoms with Crippen molar-refractivity contribution in [3.05, 3.63) is 24.3 Å². The molecule has 0 radical (unpaired) electrons. The molecule has 0 aromatic heterocycles. The summed E-state index contributed by atoms with van der Waals surface area (Å²) >= 11 is 0. The smallest absolute Gasteiger partial charge is 0.241 e. The molecule has 108 valence electrons. The van der Waals surface area contributed by atoms with Crippen LogP contribution in [0.4, 0.5) is 5.69 Å². The van der Waals surface area contributed by atoms with E-state index < -0.39 is 6.04 Å². The molecule has 0 bridgehead atoms. The van der Waals surface area contributed by atoms with Gasteiger partial charge in [-0.15, -0.1) is 12.4 Å². The van der Waals surface area contributed by atoms with E-state index in [4.69, 9.17) is 10.5 Å². The lowest BCUT2D eigenvalue weighted by Gasteiger charge is -2.12. The molecule has 0 heterocycles. The first-order valence-electron chi connectivity index (χ1n) is 6.32. The summed E-state index contributed by atoms with van der Waals surface area (Å²) in [7, 11) is 0. The lowest BCUT2D eigenvalue weighted by molar-refractivity contribution is -0.117. The van der Waals surface area contributed by atoms with Crippen LogP contribution in [0.5, 0.6) is 5.75 Å². The third-order valence-corrected chi connectivity index (χ3v) is 2.46. The molecular formula is C14H23ClN2O2. The summed E-state index contributed by atoms with van der Waals surface area (Å²) in [6.07, 6.45) is 0.620. The van der Waals surface area contributed by atoms with Crippen molar-refractivity contribution >= 4 is 24.0 Å². The summed E-state index contributed by atoms with van der Waals surface area (Å²) in [5, 5.41) is 2.78. The summed E-state index contributed by atoms with van der Waals surface area (Å²) in [6.45, 7) is 6.72. The summed E-state index contributed by atoms with van der Waals surface area (Å²) in [4.78, 5) is 11.6. The molecule has 0 saturated carbocycles. The molecule has 1 atom stereocenters. The fourth-order valence-corrected chi connectivity index (χ4v) is 1.35. The predicted molar refractivity (Wildman–Crippen MR) is 80.9 cm³/mol. The Morgan fingerprint density at radius 3 is 2.68 bits per heavy atom. The molecule has 0 unspecified atom stereocenters. The van der Waals surface area contributed by atoms with Gasteiger partial charge in [-0.2, -0.15) is 0 Å². The Morgan fingerprint density at radius 2 is 2.11 bits per heavy atom.